The quantitative estimate of drug-likeness (QED) is 0.825. The number of halogens is 1. The molecule has 6 heteroatoms. The van der Waals surface area contributed by atoms with Crippen molar-refractivity contribution in [3.8, 4) is 11.8 Å². The van der Waals surface area contributed by atoms with Gasteiger partial charge in [-0.15, -0.1) is 0 Å². The Bertz CT molecular complexity index is 968. The minimum absolute atomic E-state index is 0.0593. The fraction of sp³-hybridized carbons (Fsp3) is 0.300. The number of ether oxygens (including phenoxy) is 1. The number of fused-ring (bicyclic) bond motifs is 1. The first kappa shape index (κ1) is 18.3. The van der Waals surface area contributed by atoms with E-state index in [4.69, 9.17) is 10.5 Å². The lowest BCUT2D eigenvalue weighted by atomic mass is 9.84. The number of hydrogen-bond acceptors (Lipinski definition) is 4. The van der Waals surface area contributed by atoms with Crippen LogP contribution in [-0.2, 0) is 13.0 Å². The molecule has 1 atom stereocenters. The van der Waals surface area contributed by atoms with E-state index >= 15 is 0 Å². The van der Waals surface area contributed by atoms with Gasteiger partial charge in [0.1, 0.15) is 17.4 Å². The molecular formula is C20H20BrN3O2. The third kappa shape index (κ3) is 3.04. The molecule has 0 fully saturated rings. The highest BCUT2D eigenvalue weighted by molar-refractivity contribution is 9.10. The molecule has 0 saturated heterocycles. The molecule has 1 aromatic carbocycles. The minimum atomic E-state index is -0.530. The second kappa shape index (κ2) is 7.38. The molecule has 1 aromatic heterocycles. The summed E-state index contributed by atoms with van der Waals surface area (Å²) in [5.74, 6) is -0.0191. The Morgan fingerprint density at radius 3 is 2.58 bits per heavy atom. The van der Waals surface area contributed by atoms with Crippen molar-refractivity contribution < 1.29 is 4.74 Å². The maximum atomic E-state index is 13.3. The number of nitriles is 1. The van der Waals surface area contributed by atoms with Crippen LogP contribution in [0.3, 0.4) is 0 Å². The monoisotopic (exact) mass is 413 g/mol. The smallest absolute Gasteiger partial charge is 0.258 e. The lowest BCUT2D eigenvalue weighted by molar-refractivity contribution is 0.388. The molecule has 2 heterocycles. The molecule has 2 aromatic rings. The number of allylic oxidation sites excluding steroid dienone is 1. The summed E-state index contributed by atoms with van der Waals surface area (Å²) in [6.07, 6.45) is 1.69. The predicted molar refractivity (Wildman–Crippen MR) is 104 cm³/mol. The van der Waals surface area contributed by atoms with Gasteiger partial charge in [0.2, 0.25) is 5.88 Å². The topological polar surface area (TPSA) is 81.0 Å². The number of rotatable bonds is 4. The van der Waals surface area contributed by atoms with Gasteiger partial charge in [0.15, 0.2) is 0 Å². The van der Waals surface area contributed by atoms with Crippen molar-refractivity contribution in [2.24, 2.45) is 5.73 Å². The molecular weight excluding hydrogens is 394 g/mol. The Labute approximate surface area is 160 Å². The van der Waals surface area contributed by atoms with Crippen LogP contribution in [-0.4, -0.2) is 4.57 Å². The van der Waals surface area contributed by atoms with Crippen LogP contribution < -0.4 is 16.0 Å². The first-order chi connectivity index (χ1) is 12.5. The average molecular weight is 414 g/mol. The van der Waals surface area contributed by atoms with E-state index in [0.29, 0.717) is 17.9 Å². The van der Waals surface area contributed by atoms with Gasteiger partial charge in [-0.25, -0.2) is 0 Å². The first-order valence-corrected chi connectivity index (χ1v) is 9.40. The van der Waals surface area contributed by atoms with E-state index in [1.807, 2.05) is 37.3 Å². The molecule has 134 valence electrons. The fourth-order valence-electron chi connectivity index (χ4n) is 3.42. The minimum Gasteiger partial charge on any atom is -0.440 e. The molecule has 0 spiro atoms. The zero-order valence-electron chi connectivity index (χ0n) is 14.8. The third-order valence-electron chi connectivity index (χ3n) is 4.59. The zero-order chi connectivity index (χ0) is 18.8. The maximum Gasteiger partial charge on any atom is 0.258 e. The number of hydrogen-bond donors (Lipinski definition) is 1. The normalized spacial score (nSPS) is 16.0. The van der Waals surface area contributed by atoms with E-state index in [-0.39, 0.29) is 17.0 Å². The van der Waals surface area contributed by atoms with Gasteiger partial charge in [0.25, 0.3) is 5.56 Å². The molecule has 0 bridgehead atoms. The highest BCUT2D eigenvalue weighted by atomic mass is 79.9. The van der Waals surface area contributed by atoms with Crippen LogP contribution in [0.1, 0.15) is 43.0 Å². The van der Waals surface area contributed by atoms with Crippen LogP contribution in [0.2, 0.25) is 0 Å². The molecule has 1 unspecified atom stereocenters. The Morgan fingerprint density at radius 1 is 1.31 bits per heavy atom. The number of aromatic nitrogens is 1. The summed E-state index contributed by atoms with van der Waals surface area (Å²) in [6.45, 7) is 4.58. The Hall–Kier alpha value is -2.52. The van der Waals surface area contributed by atoms with Gasteiger partial charge >= 0.3 is 0 Å². The Kier molecular flexibility index (Phi) is 5.19. The third-order valence-corrected chi connectivity index (χ3v) is 5.12. The number of nitrogens with two attached hydrogens (primary N) is 1. The molecule has 1 aliphatic heterocycles. The van der Waals surface area contributed by atoms with Crippen molar-refractivity contribution >= 4 is 15.9 Å². The Morgan fingerprint density at radius 2 is 2.00 bits per heavy atom. The van der Waals surface area contributed by atoms with Crippen LogP contribution in [0.5, 0.6) is 5.75 Å². The van der Waals surface area contributed by atoms with Gasteiger partial charge in [-0.05, 0) is 31.0 Å². The van der Waals surface area contributed by atoms with Gasteiger partial charge in [0.05, 0.1) is 11.5 Å². The van der Waals surface area contributed by atoms with Crippen molar-refractivity contribution in [1.82, 2.24) is 4.57 Å². The van der Waals surface area contributed by atoms with Crippen LogP contribution >= 0.6 is 15.9 Å². The van der Waals surface area contributed by atoms with Crippen LogP contribution in [0, 0.1) is 11.3 Å². The molecule has 0 aliphatic carbocycles. The summed E-state index contributed by atoms with van der Waals surface area (Å²) >= 11 is 3.42. The van der Waals surface area contributed by atoms with Crippen molar-refractivity contribution in [3.63, 3.8) is 0 Å². The molecule has 3 rings (SSSR count). The van der Waals surface area contributed by atoms with Crippen LogP contribution in [0.25, 0.3) is 0 Å². The zero-order valence-corrected chi connectivity index (χ0v) is 16.3. The van der Waals surface area contributed by atoms with Crippen LogP contribution in [0.4, 0.5) is 0 Å². The molecule has 26 heavy (non-hydrogen) atoms. The van der Waals surface area contributed by atoms with E-state index in [0.717, 1.165) is 28.6 Å². The van der Waals surface area contributed by atoms with E-state index in [1.54, 1.807) is 4.57 Å². The second-order valence-corrected chi connectivity index (χ2v) is 7.11. The summed E-state index contributed by atoms with van der Waals surface area (Å²) in [7, 11) is 0. The summed E-state index contributed by atoms with van der Waals surface area (Å²) in [4.78, 5) is 13.3. The lowest BCUT2D eigenvalue weighted by Gasteiger charge is -2.27. The Balaban J connectivity index is 2.30. The van der Waals surface area contributed by atoms with Crippen molar-refractivity contribution in [1.29, 1.82) is 5.26 Å². The molecule has 0 amide bonds. The number of pyridine rings is 1. The SMILES string of the molecule is CCCc1cc2c(c(=O)n1CC)C(c1ccc(Br)cc1)C(C#N)=C(N)O2. The van der Waals surface area contributed by atoms with Gasteiger partial charge in [-0.2, -0.15) is 5.26 Å². The van der Waals surface area contributed by atoms with Gasteiger partial charge < -0.3 is 15.0 Å². The van der Waals surface area contributed by atoms with Crippen molar-refractivity contribution in [3.05, 3.63) is 73.4 Å². The van der Waals surface area contributed by atoms with Gasteiger partial charge in [-0.3, -0.25) is 4.79 Å². The average Bonchev–Trinajstić information content (AvgIpc) is 2.62. The molecule has 1 aliphatic rings. The first-order valence-electron chi connectivity index (χ1n) is 8.61. The fourth-order valence-corrected chi connectivity index (χ4v) is 3.68. The van der Waals surface area contributed by atoms with Gasteiger partial charge in [0, 0.05) is 22.8 Å². The van der Waals surface area contributed by atoms with Gasteiger partial charge in [-0.1, -0.05) is 41.4 Å². The summed E-state index contributed by atoms with van der Waals surface area (Å²) in [6, 6.07) is 11.6. The molecule has 5 nitrogen and oxygen atoms in total. The van der Waals surface area contributed by atoms with E-state index in [1.165, 1.54) is 0 Å². The lowest BCUT2D eigenvalue weighted by Crippen LogP contribution is -2.33. The largest absolute Gasteiger partial charge is 0.440 e. The standard InChI is InChI=1S/C20H20BrN3O2/c1-3-5-14-10-16-18(20(25)24(14)4-2)17(15(11-22)19(23)26-16)12-6-8-13(21)9-7-12/h6-10,17H,3-5,23H2,1-2H3. The molecule has 2 N–H and O–H groups in total. The number of benzene rings is 1. The van der Waals surface area contributed by atoms with E-state index in [2.05, 4.69) is 28.9 Å². The summed E-state index contributed by atoms with van der Waals surface area (Å²) < 4.78 is 8.37. The molecule has 0 saturated carbocycles. The number of nitrogens with zero attached hydrogens (tertiary/aromatic N) is 2. The van der Waals surface area contributed by atoms with Crippen molar-refractivity contribution in [2.75, 3.05) is 0 Å². The maximum absolute atomic E-state index is 13.3. The second-order valence-electron chi connectivity index (χ2n) is 6.19. The van der Waals surface area contributed by atoms with E-state index in [9.17, 15) is 10.1 Å². The van der Waals surface area contributed by atoms with Crippen LogP contribution in [0.15, 0.2) is 51.1 Å². The number of aryl methyl sites for hydroxylation is 1. The summed E-state index contributed by atoms with van der Waals surface area (Å²) in [5.41, 5.74) is 8.39. The predicted octanol–water partition coefficient (Wildman–Crippen LogP) is 3.80. The highest BCUT2D eigenvalue weighted by Gasteiger charge is 2.34. The van der Waals surface area contributed by atoms with E-state index < -0.39 is 5.92 Å². The van der Waals surface area contributed by atoms with Crippen molar-refractivity contribution in [2.45, 2.75) is 39.2 Å². The molecule has 0 radical (unpaired) electrons. The highest BCUT2D eigenvalue weighted by Crippen LogP contribution is 2.40. The summed E-state index contributed by atoms with van der Waals surface area (Å²) in [5, 5.41) is 9.64.